The van der Waals surface area contributed by atoms with Gasteiger partial charge in [0.2, 0.25) is 0 Å². The lowest BCUT2D eigenvalue weighted by Gasteiger charge is -2.35. The van der Waals surface area contributed by atoms with Crippen molar-refractivity contribution in [2.24, 2.45) is 10.9 Å². The zero-order valence-electron chi connectivity index (χ0n) is 13.6. The maximum Gasteiger partial charge on any atom is 0.410 e. The topological polar surface area (TPSA) is 45.1 Å². The van der Waals surface area contributed by atoms with Crippen molar-refractivity contribution in [1.29, 1.82) is 0 Å². The van der Waals surface area contributed by atoms with E-state index < -0.39 is 5.60 Å². The first-order chi connectivity index (χ1) is 9.85. The highest BCUT2D eigenvalue weighted by atomic mass is 16.6. The van der Waals surface area contributed by atoms with Crippen LogP contribution in [0.1, 0.15) is 40.0 Å². The van der Waals surface area contributed by atoms with Crippen LogP contribution in [0.3, 0.4) is 0 Å². The van der Waals surface area contributed by atoms with Gasteiger partial charge in [0, 0.05) is 25.8 Å². The molecule has 0 aromatic heterocycles. The number of nitrogens with zero attached hydrogens (tertiary/aromatic N) is 3. The highest BCUT2D eigenvalue weighted by molar-refractivity contribution is 5.68. The van der Waals surface area contributed by atoms with Gasteiger partial charge in [-0.25, -0.2) is 4.79 Å². The summed E-state index contributed by atoms with van der Waals surface area (Å²) in [5.74, 6) is 0.506. The summed E-state index contributed by atoms with van der Waals surface area (Å²) < 4.78 is 5.48. The van der Waals surface area contributed by atoms with E-state index >= 15 is 0 Å². The van der Waals surface area contributed by atoms with Gasteiger partial charge in [0.1, 0.15) is 5.60 Å². The number of hydrogen-bond donors (Lipinski definition) is 0. The van der Waals surface area contributed by atoms with Crippen LogP contribution in [0, 0.1) is 5.92 Å². The van der Waals surface area contributed by atoms with E-state index in [0.717, 1.165) is 32.5 Å². The standard InChI is InChI=1S/C16H27N3O2/c1-16(2,3)21-15(20)19-9-5-6-13(11-19)10-14-7-8-17-12-18(14)4/h7,12-13H,5-6,8-11H2,1-4H3. The number of hydrogen-bond acceptors (Lipinski definition) is 4. The first kappa shape index (κ1) is 15.9. The summed E-state index contributed by atoms with van der Waals surface area (Å²) in [4.78, 5) is 20.3. The molecular formula is C16H27N3O2. The Morgan fingerprint density at radius 3 is 2.90 bits per heavy atom. The Hall–Kier alpha value is -1.52. The SMILES string of the molecule is CN1C=NCC=C1CC1CCCN(C(=O)OC(C)(C)C)C1. The van der Waals surface area contributed by atoms with Crippen LogP contribution in [0.15, 0.2) is 16.8 Å². The molecule has 2 heterocycles. The molecule has 0 aliphatic carbocycles. The third-order valence-corrected chi connectivity index (χ3v) is 3.81. The fourth-order valence-electron chi connectivity index (χ4n) is 2.79. The molecule has 0 saturated carbocycles. The predicted molar refractivity (Wildman–Crippen MR) is 84.4 cm³/mol. The number of likely N-dealkylation sites (tertiary alicyclic amines) is 1. The Balaban J connectivity index is 1.89. The van der Waals surface area contributed by atoms with Crippen molar-refractivity contribution in [3.8, 4) is 0 Å². The van der Waals surface area contributed by atoms with E-state index in [9.17, 15) is 4.79 Å². The molecule has 0 aromatic carbocycles. The van der Waals surface area contributed by atoms with Crippen LogP contribution in [0.25, 0.3) is 0 Å². The number of amides is 1. The average molecular weight is 293 g/mol. The zero-order valence-corrected chi connectivity index (χ0v) is 13.6. The molecule has 2 aliphatic heterocycles. The molecule has 2 aliphatic rings. The predicted octanol–water partition coefficient (Wildman–Crippen LogP) is 2.88. The maximum atomic E-state index is 12.2. The molecule has 0 N–H and O–H groups in total. The molecule has 118 valence electrons. The van der Waals surface area contributed by atoms with Crippen molar-refractivity contribution in [2.75, 3.05) is 26.7 Å². The molecule has 0 aromatic rings. The monoisotopic (exact) mass is 293 g/mol. The second-order valence-corrected chi connectivity index (χ2v) is 6.93. The Morgan fingerprint density at radius 2 is 2.24 bits per heavy atom. The molecule has 5 heteroatoms. The van der Waals surface area contributed by atoms with Crippen LogP contribution in [0.2, 0.25) is 0 Å². The van der Waals surface area contributed by atoms with Crippen molar-refractivity contribution in [2.45, 2.75) is 45.6 Å². The van der Waals surface area contributed by atoms with Crippen LogP contribution in [0.5, 0.6) is 0 Å². The summed E-state index contributed by atoms with van der Waals surface area (Å²) in [6.45, 7) is 8.09. The van der Waals surface area contributed by atoms with Gasteiger partial charge in [-0.15, -0.1) is 0 Å². The molecule has 0 radical (unpaired) electrons. The lowest BCUT2D eigenvalue weighted by atomic mass is 9.93. The number of ether oxygens (including phenoxy) is 1. The molecule has 1 saturated heterocycles. The third kappa shape index (κ3) is 4.76. The van der Waals surface area contributed by atoms with Crippen molar-refractivity contribution in [3.63, 3.8) is 0 Å². The molecular weight excluding hydrogens is 266 g/mol. The Bertz CT molecular complexity index is 437. The minimum atomic E-state index is -0.424. The van der Waals surface area contributed by atoms with Gasteiger partial charge in [0.05, 0.1) is 12.9 Å². The lowest BCUT2D eigenvalue weighted by molar-refractivity contribution is 0.0164. The average Bonchev–Trinajstić information content (AvgIpc) is 2.40. The van der Waals surface area contributed by atoms with Gasteiger partial charge in [0.15, 0.2) is 0 Å². The van der Waals surface area contributed by atoms with Gasteiger partial charge in [-0.2, -0.15) is 0 Å². The van der Waals surface area contributed by atoms with Crippen molar-refractivity contribution in [3.05, 3.63) is 11.8 Å². The minimum Gasteiger partial charge on any atom is -0.444 e. The van der Waals surface area contributed by atoms with E-state index in [2.05, 4.69) is 16.0 Å². The Morgan fingerprint density at radius 1 is 1.48 bits per heavy atom. The fourth-order valence-corrected chi connectivity index (χ4v) is 2.79. The molecule has 5 nitrogen and oxygen atoms in total. The molecule has 2 rings (SSSR count). The lowest BCUT2D eigenvalue weighted by Crippen LogP contribution is -2.43. The minimum absolute atomic E-state index is 0.181. The van der Waals surface area contributed by atoms with Gasteiger partial charge in [-0.3, -0.25) is 4.99 Å². The summed E-state index contributed by atoms with van der Waals surface area (Å²) in [5, 5.41) is 0. The van der Waals surface area contributed by atoms with Crippen molar-refractivity contribution < 1.29 is 9.53 Å². The van der Waals surface area contributed by atoms with Gasteiger partial charge >= 0.3 is 6.09 Å². The van der Waals surface area contributed by atoms with Gasteiger partial charge in [0.25, 0.3) is 0 Å². The molecule has 0 spiro atoms. The number of carbonyl (C=O) groups is 1. The largest absolute Gasteiger partial charge is 0.444 e. The second kappa shape index (κ2) is 6.50. The van der Waals surface area contributed by atoms with Gasteiger partial charge in [-0.1, -0.05) is 0 Å². The van der Waals surface area contributed by atoms with Crippen LogP contribution in [0.4, 0.5) is 4.79 Å². The van der Waals surface area contributed by atoms with E-state index in [0.29, 0.717) is 5.92 Å². The van der Waals surface area contributed by atoms with Crippen LogP contribution < -0.4 is 0 Å². The molecule has 1 unspecified atom stereocenters. The van der Waals surface area contributed by atoms with E-state index in [4.69, 9.17) is 4.74 Å². The zero-order chi connectivity index (χ0) is 15.5. The van der Waals surface area contributed by atoms with Crippen LogP contribution in [-0.4, -0.2) is 54.5 Å². The van der Waals surface area contributed by atoms with Crippen molar-refractivity contribution in [1.82, 2.24) is 9.80 Å². The van der Waals surface area contributed by atoms with E-state index in [1.807, 2.05) is 39.1 Å². The first-order valence-corrected chi connectivity index (χ1v) is 7.75. The number of allylic oxidation sites excluding steroid dienone is 1. The molecule has 21 heavy (non-hydrogen) atoms. The van der Waals surface area contributed by atoms with E-state index in [1.165, 1.54) is 12.1 Å². The molecule has 1 atom stereocenters. The smallest absolute Gasteiger partial charge is 0.410 e. The first-order valence-electron chi connectivity index (χ1n) is 7.75. The summed E-state index contributed by atoms with van der Waals surface area (Å²) in [5.41, 5.74) is 0.883. The highest BCUT2D eigenvalue weighted by Crippen LogP contribution is 2.25. The number of aliphatic imine (C=N–C) groups is 1. The normalized spacial score (nSPS) is 23.0. The Kier molecular flexibility index (Phi) is 4.91. The van der Waals surface area contributed by atoms with Gasteiger partial charge in [-0.05, 0) is 52.0 Å². The second-order valence-electron chi connectivity index (χ2n) is 6.93. The molecule has 0 bridgehead atoms. The number of piperidine rings is 1. The van der Waals surface area contributed by atoms with Crippen LogP contribution >= 0.6 is 0 Å². The van der Waals surface area contributed by atoms with E-state index in [-0.39, 0.29) is 6.09 Å². The summed E-state index contributed by atoms with van der Waals surface area (Å²) in [6.07, 6.45) is 7.09. The third-order valence-electron chi connectivity index (χ3n) is 3.81. The summed E-state index contributed by atoms with van der Waals surface area (Å²) >= 11 is 0. The van der Waals surface area contributed by atoms with Crippen LogP contribution in [-0.2, 0) is 4.74 Å². The van der Waals surface area contributed by atoms with Crippen molar-refractivity contribution >= 4 is 12.4 Å². The summed E-state index contributed by atoms with van der Waals surface area (Å²) in [7, 11) is 2.03. The number of rotatable bonds is 2. The molecule has 1 fully saturated rings. The maximum absolute atomic E-state index is 12.2. The highest BCUT2D eigenvalue weighted by Gasteiger charge is 2.28. The quantitative estimate of drug-likeness (QED) is 0.786. The summed E-state index contributed by atoms with van der Waals surface area (Å²) in [6, 6.07) is 0. The van der Waals surface area contributed by atoms with Gasteiger partial charge < -0.3 is 14.5 Å². The fraction of sp³-hybridized carbons (Fsp3) is 0.750. The molecule has 1 amide bonds. The Labute approximate surface area is 127 Å². The van der Waals surface area contributed by atoms with E-state index in [1.54, 1.807) is 0 Å². The number of carbonyl (C=O) groups excluding carboxylic acids is 1.